The number of anilines is 1. The van der Waals surface area contributed by atoms with Crippen LogP contribution >= 0.6 is 11.6 Å². The van der Waals surface area contributed by atoms with E-state index in [1.54, 1.807) is 0 Å². The van der Waals surface area contributed by atoms with Gasteiger partial charge in [0, 0.05) is 22.5 Å². The lowest BCUT2D eigenvalue weighted by Gasteiger charge is -2.08. The molecule has 0 aliphatic rings. The third-order valence-corrected chi connectivity index (χ3v) is 4.63. The van der Waals surface area contributed by atoms with E-state index in [0.29, 0.717) is 5.02 Å². The van der Waals surface area contributed by atoms with E-state index in [9.17, 15) is 4.79 Å². The fourth-order valence-electron chi connectivity index (χ4n) is 3.13. The van der Waals surface area contributed by atoms with E-state index in [0.717, 1.165) is 33.8 Å². The zero-order valence-corrected chi connectivity index (χ0v) is 15.6. The number of nitrogens with zero attached hydrogens (tertiary/aromatic N) is 2. The number of imidazole rings is 1. The van der Waals surface area contributed by atoms with Gasteiger partial charge in [0.1, 0.15) is 5.65 Å². The van der Waals surface area contributed by atoms with Gasteiger partial charge in [-0.3, -0.25) is 4.79 Å². The van der Waals surface area contributed by atoms with Gasteiger partial charge in [-0.1, -0.05) is 41.9 Å². The van der Waals surface area contributed by atoms with Crippen LogP contribution < -0.4 is 5.32 Å². The summed E-state index contributed by atoms with van der Waals surface area (Å²) in [6.45, 7) is 2.00. The number of carbonyl (C=O) groups is 1. The molecule has 134 valence electrons. The summed E-state index contributed by atoms with van der Waals surface area (Å²) in [5.41, 5.74) is 5.27. The topological polar surface area (TPSA) is 46.4 Å². The monoisotopic (exact) mass is 375 g/mol. The van der Waals surface area contributed by atoms with E-state index < -0.39 is 0 Å². The summed E-state index contributed by atoms with van der Waals surface area (Å²) in [5.74, 6) is -0.0820. The highest BCUT2D eigenvalue weighted by molar-refractivity contribution is 6.30. The van der Waals surface area contributed by atoms with Gasteiger partial charge in [0.25, 0.3) is 0 Å². The van der Waals surface area contributed by atoms with Gasteiger partial charge in [0.05, 0.1) is 17.8 Å². The largest absolute Gasteiger partial charge is 0.326 e. The van der Waals surface area contributed by atoms with Gasteiger partial charge in [-0.2, -0.15) is 0 Å². The van der Waals surface area contributed by atoms with Gasteiger partial charge in [0.15, 0.2) is 0 Å². The summed E-state index contributed by atoms with van der Waals surface area (Å²) in [6, 6.07) is 21.1. The van der Waals surface area contributed by atoms with Crippen molar-refractivity contribution in [3.8, 4) is 11.3 Å². The van der Waals surface area contributed by atoms with Crippen molar-refractivity contribution in [3.63, 3.8) is 0 Å². The predicted octanol–water partition coefficient (Wildman–Crippen LogP) is 5.14. The first-order valence-electron chi connectivity index (χ1n) is 8.68. The van der Waals surface area contributed by atoms with Gasteiger partial charge in [0.2, 0.25) is 5.91 Å². The van der Waals surface area contributed by atoms with Crippen LogP contribution in [0, 0.1) is 6.92 Å². The van der Waals surface area contributed by atoms with Crippen molar-refractivity contribution in [2.24, 2.45) is 0 Å². The van der Waals surface area contributed by atoms with Crippen LogP contribution in [0.4, 0.5) is 5.69 Å². The zero-order chi connectivity index (χ0) is 18.8. The summed E-state index contributed by atoms with van der Waals surface area (Å²) in [6.07, 6.45) is 2.15. The Morgan fingerprint density at radius 1 is 1.07 bits per heavy atom. The first kappa shape index (κ1) is 17.3. The van der Waals surface area contributed by atoms with Crippen molar-refractivity contribution in [2.45, 2.75) is 13.3 Å². The molecule has 27 heavy (non-hydrogen) atoms. The second-order valence-corrected chi connectivity index (χ2v) is 6.87. The molecule has 0 radical (unpaired) electrons. The average molecular weight is 376 g/mol. The molecule has 4 rings (SSSR count). The number of pyridine rings is 1. The molecule has 0 saturated carbocycles. The molecule has 5 heteroatoms. The van der Waals surface area contributed by atoms with Gasteiger partial charge >= 0.3 is 0 Å². The Morgan fingerprint density at radius 2 is 1.89 bits per heavy atom. The average Bonchev–Trinajstić information content (AvgIpc) is 3.01. The highest BCUT2D eigenvalue weighted by Gasteiger charge is 2.17. The van der Waals surface area contributed by atoms with Crippen molar-refractivity contribution >= 4 is 28.8 Å². The molecule has 0 atom stereocenters. The predicted molar refractivity (Wildman–Crippen MR) is 109 cm³/mol. The molecule has 0 fully saturated rings. The van der Waals surface area contributed by atoms with Crippen LogP contribution in [0.2, 0.25) is 5.02 Å². The molecule has 2 heterocycles. The van der Waals surface area contributed by atoms with Crippen molar-refractivity contribution in [1.29, 1.82) is 0 Å². The molecule has 0 bridgehead atoms. The standard InChI is InChI=1S/C22H18ClN3O/c1-15-5-4-6-18(13-15)24-21(27)14-19-22(16-8-10-17(23)11-9-16)25-20-7-2-3-12-26(19)20/h2-13H,14H2,1H3,(H,24,27). The number of carbonyl (C=O) groups excluding carboxylic acids is 1. The Labute approximate surface area is 162 Å². The number of halogens is 1. The normalized spacial score (nSPS) is 10.9. The van der Waals surface area contributed by atoms with Crippen LogP contribution in [0.5, 0.6) is 0 Å². The molecule has 0 unspecified atom stereocenters. The Bertz CT molecular complexity index is 1120. The fourth-order valence-corrected chi connectivity index (χ4v) is 3.26. The van der Waals surface area contributed by atoms with E-state index in [4.69, 9.17) is 16.6 Å². The zero-order valence-electron chi connectivity index (χ0n) is 14.8. The molecular formula is C22H18ClN3O. The van der Waals surface area contributed by atoms with Crippen LogP contribution in [0.15, 0.2) is 72.9 Å². The van der Waals surface area contributed by atoms with E-state index in [-0.39, 0.29) is 12.3 Å². The number of benzene rings is 2. The van der Waals surface area contributed by atoms with Gasteiger partial charge < -0.3 is 9.72 Å². The fraction of sp³-hybridized carbons (Fsp3) is 0.0909. The number of hydrogen-bond acceptors (Lipinski definition) is 2. The van der Waals surface area contributed by atoms with Crippen LogP contribution in [0.1, 0.15) is 11.3 Å². The number of aromatic nitrogens is 2. The molecule has 0 aliphatic carbocycles. The van der Waals surface area contributed by atoms with E-state index in [1.165, 1.54) is 0 Å². The maximum absolute atomic E-state index is 12.7. The minimum absolute atomic E-state index is 0.0820. The lowest BCUT2D eigenvalue weighted by molar-refractivity contribution is -0.115. The lowest BCUT2D eigenvalue weighted by Crippen LogP contribution is -2.16. The summed E-state index contributed by atoms with van der Waals surface area (Å²) < 4.78 is 1.96. The second-order valence-electron chi connectivity index (χ2n) is 6.44. The third-order valence-electron chi connectivity index (χ3n) is 4.38. The van der Waals surface area contributed by atoms with Gasteiger partial charge in [-0.15, -0.1) is 0 Å². The number of hydrogen-bond donors (Lipinski definition) is 1. The first-order chi connectivity index (χ1) is 13.1. The van der Waals surface area contributed by atoms with Crippen LogP contribution in [-0.2, 0) is 11.2 Å². The summed E-state index contributed by atoms with van der Waals surface area (Å²) >= 11 is 6.02. The number of rotatable bonds is 4. The van der Waals surface area contributed by atoms with Crippen LogP contribution in [-0.4, -0.2) is 15.3 Å². The van der Waals surface area contributed by atoms with Gasteiger partial charge in [-0.05, 0) is 48.9 Å². The SMILES string of the molecule is Cc1cccc(NC(=O)Cc2c(-c3ccc(Cl)cc3)nc3ccccn23)c1. The highest BCUT2D eigenvalue weighted by atomic mass is 35.5. The van der Waals surface area contributed by atoms with Crippen LogP contribution in [0.3, 0.4) is 0 Å². The number of nitrogens with one attached hydrogen (secondary N) is 1. The lowest BCUT2D eigenvalue weighted by atomic mass is 10.1. The molecule has 0 spiro atoms. The number of fused-ring (bicyclic) bond motifs is 1. The van der Waals surface area contributed by atoms with E-state index in [1.807, 2.05) is 84.3 Å². The molecule has 0 aliphatic heterocycles. The Kier molecular flexibility index (Phi) is 4.65. The number of amides is 1. The Hall–Kier alpha value is -3.11. The van der Waals surface area contributed by atoms with Crippen molar-refractivity contribution in [3.05, 3.63) is 89.2 Å². The third kappa shape index (κ3) is 3.71. The Balaban J connectivity index is 1.70. The van der Waals surface area contributed by atoms with Crippen LogP contribution in [0.25, 0.3) is 16.9 Å². The minimum Gasteiger partial charge on any atom is -0.326 e. The number of aryl methyl sites for hydroxylation is 1. The van der Waals surface area contributed by atoms with E-state index >= 15 is 0 Å². The smallest absolute Gasteiger partial charge is 0.230 e. The minimum atomic E-state index is -0.0820. The molecule has 4 nitrogen and oxygen atoms in total. The van der Waals surface area contributed by atoms with Crippen molar-refractivity contribution in [2.75, 3.05) is 5.32 Å². The molecular weight excluding hydrogens is 358 g/mol. The summed E-state index contributed by atoms with van der Waals surface area (Å²) in [4.78, 5) is 17.4. The quantitative estimate of drug-likeness (QED) is 0.536. The van der Waals surface area contributed by atoms with Crippen molar-refractivity contribution in [1.82, 2.24) is 9.38 Å². The van der Waals surface area contributed by atoms with Gasteiger partial charge in [-0.25, -0.2) is 4.98 Å². The highest BCUT2D eigenvalue weighted by Crippen LogP contribution is 2.26. The summed E-state index contributed by atoms with van der Waals surface area (Å²) in [7, 11) is 0. The molecule has 1 amide bonds. The maximum Gasteiger partial charge on any atom is 0.230 e. The molecule has 0 saturated heterocycles. The maximum atomic E-state index is 12.7. The first-order valence-corrected chi connectivity index (χ1v) is 9.06. The van der Waals surface area contributed by atoms with Crippen molar-refractivity contribution < 1.29 is 4.79 Å². The Morgan fingerprint density at radius 3 is 2.67 bits per heavy atom. The van der Waals surface area contributed by atoms with E-state index in [2.05, 4.69) is 5.32 Å². The summed E-state index contributed by atoms with van der Waals surface area (Å²) in [5, 5.41) is 3.64. The molecule has 2 aromatic heterocycles. The second kappa shape index (κ2) is 7.25. The molecule has 2 aromatic carbocycles. The molecule has 4 aromatic rings. The molecule has 1 N–H and O–H groups in total.